The Morgan fingerprint density at radius 2 is 2.09 bits per heavy atom. The van der Waals surface area contributed by atoms with Crippen LogP contribution in [0, 0.1) is 17.8 Å². The maximum atomic E-state index is 11.8. The van der Waals surface area contributed by atoms with Crippen molar-refractivity contribution < 1.29 is 19.8 Å². The Morgan fingerprint density at radius 3 is 2.68 bits per heavy atom. The van der Waals surface area contributed by atoms with Crippen molar-refractivity contribution in [2.45, 2.75) is 71.3 Å². The second-order valence-electron chi connectivity index (χ2n) is 6.41. The summed E-state index contributed by atoms with van der Waals surface area (Å²) in [6.45, 7) is 4.25. The van der Waals surface area contributed by atoms with Crippen LogP contribution in [0.1, 0.15) is 65.2 Å². The number of carboxylic acid groups (broad SMARTS) is 1. The predicted molar refractivity (Wildman–Crippen MR) is 86.5 cm³/mol. The van der Waals surface area contributed by atoms with Crippen molar-refractivity contribution in [2.24, 2.45) is 17.8 Å². The van der Waals surface area contributed by atoms with Gasteiger partial charge in [-0.3, -0.25) is 9.59 Å². The van der Waals surface area contributed by atoms with Crippen LogP contribution in [0.3, 0.4) is 0 Å². The van der Waals surface area contributed by atoms with Gasteiger partial charge in [-0.25, -0.2) is 0 Å². The average molecular weight is 310 g/mol. The molecule has 0 aromatic rings. The molecule has 22 heavy (non-hydrogen) atoms. The smallest absolute Gasteiger partial charge is 0.304 e. The van der Waals surface area contributed by atoms with E-state index < -0.39 is 18.0 Å². The number of carboxylic acids is 1. The first-order chi connectivity index (χ1) is 10.5. The fourth-order valence-electron chi connectivity index (χ4n) is 3.30. The van der Waals surface area contributed by atoms with Gasteiger partial charge in [-0.15, -0.1) is 0 Å². The third-order valence-corrected chi connectivity index (χ3v) is 4.79. The first-order valence-corrected chi connectivity index (χ1v) is 8.60. The zero-order chi connectivity index (χ0) is 16.5. The molecule has 4 nitrogen and oxygen atoms in total. The van der Waals surface area contributed by atoms with Gasteiger partial charge in [0.25, 0.3) is 0 Å². The minimum absolute atomic E-state index is 0.0357. The van der Waals surface area contributed by atoms with Crippen LogP contribution in [0.5, 0.6) is 0 Å². The lowest BCUT2D eigenvalue weighted by atomic mass is 9.89. The van der Waals surface area contributed by atoms with Crippen LogP contribution in [0.4, 0.5) is 0 Å². The monoisotopic (exact) mass is 310 g/mol. The number of ketones is 1. The molecular formula is C18H30O4. The third-order valence-electron chi connectivity index (χ3n) is 4.79. The largest absolute Gasteiger partial charge is 0.481 e. The van der Waals surface area contributed by atoms with Crippen LogP contribution in [0.2, 0.25) is 0 Å². The van der Waals surface area contributed by atoms with Gasteiger partial charge in [0, 0.05) is 12.3 Å². The maximum absolute atomic E-state index is 11.8. The van der Waals surface area contributed by atoms with E-state index in [4.69, 9.17) is 5.11 Å². The van der Waals surface area contributed by atoms with Crippen LogP contribution in [-0.2, 0) is 9.59 Å². The van der Waals surface area contributed by atoms with Crippen molar-refractivity contribution in [1.29, 1.82) is 0 Å². The molecular weight excluding hydrogens is 280 g/mol. The lowest BCUT2D eigenvalue weighted by molar-refractivity contribution is -0.140. The van der Waals surface area contributed by atoms with E-state index in [1.165, 1.54) is 12.8 Å². The summed E-state index contributed by atoms with van der Waals surface area (Å²) in [4.78, 5) is 22.6. The Balaban J connectivity index is 2.56. The zero-order valence-corrected chi connectivity index (χ0v) is 13.8. The first-order valence-electron chi connectivity index (χ1n) is 8.60. The van der Waals surface area contributed by atoms with Crippen molar-refractivity contribution in [1.82, 2.24) is 0 Å². The van der Waals surface area contributed by atoms with E-state index in [0.29, 0.717) is 12.8 Å². The van der Waals surface area contributed by atoms with Gasteiger partial charge in [0.1, 0.15) is 5.78 Å². The Kier molecular flexibility index (Phi) is 8.39. The van der Waals surface area contributed by atoms with E-state index in [-0.39, 0.29) is 24.0 Å². The van der Waals surface area contributed by atoms with Crippen LogP contribution < -0.4 is 0 Å². The summed E-state index contributed by atoms with van der Waals surface area (Å²) >= 11 is 0. The molecule has 0 heterocycles. The molecule has 1 rings (SSSR count). The van der Waals surface area contributed by atoms with Crippen molar-refractivity contribution in [3.63, 3.8) is 0 Å². The average Bonchev–Trinajstić information content (AvgIpc) is 2.81. The van der Waals surface area contributed by atoms with Gasteiger partial charge in [-0.1, -0.05) is 51.7 Å². The van der Waals surface area contributed by atoms with Gasteiger partial charge in [-0.05, 0) is 24.7 Å². The van der Waals surface area contributed by atoms with Crippen molar-refractivity contribution >= 4 is 11.8 Å². The van der Waals surface area contributed by atoms with E-state index in [9.17, 15) is 14.7 Å². The Labute approximate surface area is 133 Å². The third kappa shape index (κ3) is 5.91. The van der Waals surface area contributed by atoms with Crippen LogP contribution >= 0.6 is 0 Å². The van der Waals surface area contributed by atoms with Gasteiger partial charge < -0.3 is 10.2 Å². The standard InChI is InChI=1S/C18H30O4/c1-3-5-6-7-13(4-2)16(19)10-8-14-9-11-17(20)15(14)12-18(21)22/h8,10,13-16,19H,3-7,9,11-12H2,1-2H3,(H,21,22)/t13?,14-,15+,16?/m1/s1. The minimum Gasteiger partial charge on any atom is -0.481 e. The number of aliphatic carboxylic acids is 1. The molecule has 4 atom stereocenters. The van der Waals surface area contributed by atoms with E-state index in [1.807, 2.05) is 6.08 Å². The van der Waals surface area contributed by atoms with E-state index >= 15 is 0 Å². The number of aliphatic hydroxyl groups is 1. The summed E-state index contributed by atoms with van der Waals surface area (Å²) in [6, 6.07) is 0. The Morgan fingerprint density at radius 1 is 1.36 bits per heavy atom. The molecule has 1 fully saturated rings. The summed E-state index contributed by atoms with van der Waals surface area (Å²) in [5, 5.41) is 19.2. The number of aliphatic hydroxyl groups excluding tert-OH is 1. The number of allylic oxidation sites excluding steroid dienone is 1. The van der Waals surface area contributed by atoms with E-state index in [2.05, 4.69) is 13.8 Å². The van der Waals surface area contributed by atoms with Gasteiger partial charge in [0.15, 0.2) is 0 Å². The molecule has 2 unspecified atom stereocenters. The SMILES string of the molecule is CCCCCC(CC)C(O)C=C[C@@H]1CCC(=O)[C@H]1CC(=O)O. The van der Waals surface area contributed by atoms with E-state index in [0.717, 1.165) is 19.3 Å². The molecule has 4 heteroatoms. The molecule has 0 aromatic carbocycles. The molecule has 0 aliphatic heterocycles. The molecule has 0 bridgehead atoms. The number of unbranched alkanes of at least 4 members (excludes halogenated alkanes) is 2. The molecule has 126 valence electrons. The number of hydrogen-bond donors (Lipinski definition) is 2. The molecule has 0 saturated heterocycles. The molecule has 2 N–H and O–H groups in total. The number of carbonyl (C=O) groups is 2. The summed E-state index contributed by atoms with van der Waals surface area (Å²) in [5.74, 6) is -1.09. The lowest BCUT2D eigenvalue weighted by Gasteiger charge is -2.20. The van der Waals surface area contributed by atoms with Gasteiger partial charge in [0.05, 0.1) is 12.5 Å². The van der Waals surface area contributed by atoms with Crippen LogP contribution in [0.15, 0.2) is 12.2 Å². The van der Waals surface area contributed by atoms with Crippen molar-refractivity contribution in [2.75, 3.05) is 0 Å². The maximum Gasteiger partial charge on any atom is 0.304 e. The summed E-state index contributed by atoms with van der Waals surface area (Å²) < 4.78 is 0. The van der Waals surface area contributed by atoms with Crippen molar-refractivity contribution in [3.05, 3.63) is 12.2 Å². The molecule has 1 saturated carbocycles. The molecule has 1 aliphatic carbocycles. The molecule has 0 aromatic heterocycles. The molecule has 0 radical (unpaired) electrons. The molecule has 0 spiro atoms. The highest BCUT2D eigenvalue weighted by molar-refractivity contribution is 5.87. The number of Topliss-reactive ketones (excluding diaryl/α,β-unsaturated/α-hetero) is 1. The van der Waals surface area contributed by atoms with Crippen LogP contribution in [0.25, 0.3) is 0 Å². The zero-order valence-electron chi connectivity index (χ0n) is 13.8. The first kappa shape index (κ1) is 18.9. The van der Waals surface area contributed by atoms with Gasteiger partial charge >= 0.3 is 5.97 Å². The van der Waals surface area contributed by atoms with E-state index in [1.54, 1.807) is 6.08 Å². The van der Waals surface area contributed by atoms with Gasteiger partial charge in [0.2, 0.25) is 0 Å². The summed E-state index contributed by atoms with van der Waals surface area (Å²) in [5.41, 5.74) is 0. The summed E-state index contributed by atoms with van der Waals surface area (Å²) in [6.07, 6.45) is 9.65. The second kappa shape index (κ2) is 9.78. The number of rotatable bonds is 10. The topological polar surface area (TPSA) is 74.6 Å². The minimum atomic E-state index is -0.926. The highest BCUT2D eigenvalue weighted by atomic mass is 16.4. The number of carbonyl (C=O) groups excluding carboxylic acids is 1. The fraction of sp³-hybridized carbons (Fsp3) is 0.778. The second-order valence-corrected chi connectivity index (χ2v) is 6.41. The Hall–Kier alpha value is -1.16. The van der Waals surface area contributed by atoms with Crippen molar-refractivity contribution in [3.8, 4) is 0 Å². The molecule has 1 aliphatic rings. The van der Waals surface area contributed by atoms with Crippen LogP contribution in [-0.4, -0.2) is 28.1 Å². The molecule has 0 amide bonds. The highest BCUT2D eigenvalue weighted by Crippen LogP contribution is 2.33. The Bertz CT molecular complexity index is 389. The van der Waals surface area contributed by atoms with Gasteiger partial charge in [-0.2, -0.15) is 0 Å². The highest BCUT2D eigenvalue weighted by Gasteiger charge is 2.34. The normalized spacial score (nSPS) is 24.8. The summed E-state index contributed by atoms with van der Waals surface area (Å²) in [7, 11) is 0. The quantitative estimate of drug-likeness (QED) is 0.478. The number of hydrogen-bond acceptors (Lipinski definition) is 3. The fourth-order valence-corrected chi connectivity index (χ4v) is 3.30. The lowest BCUT2D eigenvalue weighted by Crippen LogP contribution is -2.20. The predicted octanol–water partition coefficient (Wildman–Crippen LogP) is 3.58.